The van der Waals surface area contributed by atoms with Gasteiger partial charge in [0.05, 0.1) is 0 Å². The Morgan fingerprint density at radius 2 is 1.75 bits per heavy atom. The van der Waals surface area contributed by atoms with Gasteiger partial charge in [0.15, 0.2) is 0 Å². The van der Waals surface area contributed by atoms with Gasteiger partial charge in [0, 0.05) is 18.2 Å². The van der Waals surface area contributed by atoms with Crippen LogP contribution in [0.1, 0.15) is 32.8 Å². The summed E-state index contributed by atoms with van der Waals surface area (Å²) in [5, 5.41) is 5.52. The summed E-state index contributed by atoms with van der Waals surface area (Å²) in [6, 6.07) is 7.31. The van der Waals surface area contributed by atoms with Gasteiger partial charge in [-0.1, -0.05) is 31.5 Å². The molecule has 4 heteroatoms. The molecule has 1 rings (SSSR count). The van der Waals surface area contributed by atoms with Gasteiger partial charge in [0.25, 0.3) is 0 Å². The maximum atomic E-state index is 11.8. The molecule has 0 heterocycles. The predicted molar refractivity (Wildman–Crippen MR) is 81.8 cm³/mol. The van der Waals surface area contributed by atoms with Gasteiger partial charge in [-0.15, -0.1) is 0 Å². The summed E-state index contributed by atoms with van der Waals surface area (Å²) in [6.07, 6.45) is 0.792. The van der Waals surface area contributed by atoms with E-state index in [4.69, 9.17) is 0 Å². The van der Waals surface area contributed by atoms with E-state index in [2.05, 4.69) is 24.5 Å². The van der Waals surface area contributed by atoms with Crippen LogP contribution in [0, 0.1) is 18.8 Å². The third-order valence-corrected chi connectivity index (χ3v) is 3.15. The third-order valence-electron chi connectivity index (χ3n) is 3.15. The van der Waals surface area contributed by atoms with Crippen molar-refractivity contribution in [1.29, 1.82) is 0 Å². The zero-order chi connectivity index (χ0) is 15.1. The summed E-state index contributed by atoms with van der Waals surface area (Å²) in [5.41, 5.74) is 1.89. The SMILES string of the molecule is CC(=O)C(CNC(=O)Nc1ccc(C)cc1)CC(C)C. The molecular formula is C16H24N2O2. The summed E-state index contributed by atoms with van der Waals surface area (Å²) >= 11 is 0. The highest BCUT2D eigenvalue weighted by Crippen LogP contribution is 2.12. The van der Waals surface area contributed by atoms with Gasteiger partial charge in [0.2, 0.25) is 0 Å². The second-order valence-corrected chi connectivity index (χ2v) is 5.64. The van der Waals surface area contributed by atoms with E-state index in [1.165, 1.54) is 0 Å². The van der Waals surface area contributed by atoms with E-state index in [9.17, 15) is 9.59 Å². The molecule has 2 amide bonds. The first-order valence-corrected chi connectivity index (χ1v) is 7.00. The van der Waals surface area contributed by atoms with E-state index in [1.807, 2.05) is 31.2 Å². The number of hydrogen-bond acceptors (Lipinski definition) is 2. The van der Waals surface area contributed by atoms with Gasteiger partial charge < -0.3 is 10.6 Å². The van der Waals surface area contributed by atoms with Crippen LogP contribution in [0.5, 0.6) is 0 Å². The minimum Gasteiger partial charge on any atom is -0.337 e. The van der Waals surface area contributed by atoms with Crippen molar-refractivity contribution in [2.45, 2.75) is 34.1 Å². The molecule has 1 atom stereocenters. The molecule has 0 aliphatic heterocycles. The molecule has 0 aliphatic carbocycles. The number of benzene rings is 1. The fourth-order valence-corrected chi connectivity index (χ4v) is 1.99. The number of rotatable bonds is 6. The molecule has 2 N–H and O–H groups in total. The summed E-state index contributed by atoms with van der Waals surface area (Å²) in [5.74, 6) is 0.443. The lowest BCUT2D eigenvalue weighted by Crippen LogP contribution is -2.35. The summed E-state index contributed by atoms with van der Waals surface area (Å²) in [6.45, 7) is 8.09. The zero-order valence-electron chi connectivity index (χ0n) is 12.7. The number of aryl methyl sites for hydroxylation is 1. The van der Waals surface area contributed by atoms with Crippen molar-refractivity contribution < 1.29 is 9.59 Å². The quantitative estimate of drug-likeness (QED) is 0.837. The first-order chi connectivity index (χ1) is 9.38. The van der Waals surface area contributed by atoms with Crippen molar-refractivity contribution in [2.24, 2.45) is 11.8 Å². The van der Waals surface area contributed by atoms with Gasteiger partial charge in [-0.2, -0.15) is 0 Å². The van der Waals surface area contributed by atoms with Crippen LogP contribution in [0.25, 0.3) is 0 Å². The molecule has 4 nitrogen and oxygen atoms in total. The number of carbonyl (C=O) groups excluding carboxylic acids is 2. The molecule has 0 bridgehead atoms. The molecule has 0 radical (unpaired) electrons. The van der Waals surface area contributed by atoms with Gasteiger partial charge in [-0.25, -0.2) is 4.79 Å². The number of ketones is 1. The van der Waals surface area contributed by atoms with Crippen molar-refractivity contribution in [1.82, 2.24) is 5.32 Å². The maximum absolute atomic E-state index is 11.8. The molecule has 1 aromatic rings. The summed E-state index contributed by atoms with van der Waals surface area (Å²) < 4.78 is 0. The third kappa shape index (κ3) is 5.87. The first kappa shape index (κ1) is 16.2. The lowest BCUT2D eigenvalue weighted by Gasteiger charge is -2.17. The smallest absolute Gasteiger partial charge is 0.319 e. The van der Waals surface area contributed by atoms with Gasteiger partial charge >= 0.3 is 6.03 Å². The second-order valence-electron chi connectivity index (χ2n) is 5.64. The molecule has 1 aromatic carbocycles. The lowest BCUT2D eigenvalue weighted by atomic mass is 9.94. The molecule has 0 saturated heterocycles. The van der Waals surface area contributed by atoms with Crippen molar-refractivity contribution in [3.63, 3.8) is 0 Å². The van der Waals surface area contributed by atoms with Crippen LogP contribution in [0.3, 0.4) is 0 Å². The average Bonchev–Trinajstić information content (AvgIpc) is 2.36. The van der Waals surface area contributed by atoms with Crippen LogP contribution < -0.4 is 10.6 Å². The normalized spacial score (nSPS) is 12.1. The lowest BCUT2D eigenvalue weighted by molar-refractivity contribution is -0.121. The standard InChI is InChI=1S/C16H24N2O2/c1-11(2)9-14(13(4)19)10-17-16(20)18-15-7-5-12(3)6-8-15/h5-8,11,14H,9-10H2,1-4H3,(H2,17,18,20). The topological polar surface area (TPSA) is 58.2 Å². The Bertz CT molecular complexity index is 452. The Labute approximate surface area is 121 Å². The Balaban J connectivity index is 2.45. The van der Waals surface area contributed by atoms with Crippen LogP contribution in [0.15, 0.2) is 24.3 Å². The Hall–Kier alpha value is -1.84. The Morgan fingerprint density at radius 1 is 1.15 bits per heavy atom. The van der Waals surface area contributed by atoms with Gasteiger partial charge in [0.1, 0.15) is 5.78 Å². The average molecular weight is 276 g/mol. The largest absolute Gasteiger partial charge is 0.337 e. The Kier molecular flexibility index (Phi) is 6.22. The fourth-order valence-electron chi connectivity index (χ4n) is 1.99. The highest BCUT2D eigenvalue weighted by Gasteiger charge is 2.16. The molecule has 0 aliphatic rings. The van der Waals surface area contributed by atoms with Gasteiger partial charge in [-0.05, 0) is 38.3 Å². The van der Waals surface area contributed by atoms with Crippen LogP contribution in [0.2, 0.25) is 0 Å². The highest BCUT2D eigenvalue weighted by molar-refractivity contribution is 5.89. The minimum absolute atomic E-state index is 0.112. The Morgan fingerprint density at radius 3 is 2.25 bits per heavy atom. The zero-order valence-corrected chi connectivity index (χ0v) is 12.7. The van der Waals surface area contributed by atoms with Crippen LogP contribution in [0.4, 0.5) is 10.5 Å². The number of amides is 2. The number of hydrogen-bond donors (Lipinski definition) is 2. The van der Waals surface area contributed by atoms with E-state index in [0.29, 0.717) is 12.5 Å². The number of Topliss-reactive ketones (excluding diaryl/α,β-unsaturated/α-hetero) is 1. The van der Waals surface area contributed by atoms with Crippen molar-refractivity contribution in [3.05, 3.63) is 29.8 Å². The van der Waals surface area contributed by atoms with Crippen molar-refractivity contribution in [3.8, 4) is 0 Å². The van der Waals surface area contributed by atoms with E-state index < -0.39 is 0 Å². The van der Waals surface area contributed by atoms with E-state index in [1.54, 1.807) is 6.92 Å². The van der Waals surface area contributed by atoms with E-state index in [0.717, 1.165) is 17.7 Å². The van der Waals surface area contributed by atoms with E-state index in [-0.39, 0.29) is 17.7 Å². The second kappa shape index (κ2) is 7.68. The molecule has 20 heavy (non-hydrogen) atoms. The molecule has 0 spiro atoms. The molecule has 110 valence electrons. The molecule has 0 fully saturated rings. The maximum Gasteiger partial charge on any atom is 0.319 e. The van der Waals surface area contributed by atoms with Crippen molar-refractivity contribution in [2.75, 3.05) is 11.9 Å². The van der Waals surface area contributed by atoms with Crippen molar-refractivity contribution >= 4 is 17.5 Å². The highest BCUT2D eigenvalue weighted by atomic mass is 16.2. The first-order valence-electron chi connectivity index (χ1n) is 7.00. The summed E-state index contributed by atoms with van der Waals surface area (Å²) in [7, 11) is 0. The van der Waals surface area contributed by atoms with Gasteiger partial charge in [-0.3, -0.25) is 4.79 Å². The minimum atomic E-state index is -0.274. The van der Waals surface area contributed by atoms with Crippen LogP contribution >= 0.6 is 0 Å². The molecule has 1 unspecified atom stereocenters. The number of carbonyl (C=O) groups is 2. The number of urea groups is 1. The number of anilines is 1. The molecule has 0 aromatic heterocycles. The van der Waals surface area contributed by atoms with Crippen LogP contribution in [-0.2, 0) is 4.79 Å². The predicted octanol–water partition coefficient (Wildman–Crippen LogP) is 3.37. The molecule has 0 saturated carbocycles. The fraction of sp³-hybridized carbons (Fsp3) is 0.500. The summed E-state index contributed by atoms with van der Waals surface area (Å²) in [4.78, 5) is 23.3. The monoisotopic (exact) mass is 276 g/mol. The molecular weight excluding hydrogens is 252 g/mol. The van der Waals surface area contributed by atoms with E-state index >= 15 is 0 Å². The van der Waals surface area contributed by atoms with Crippen LogP contribution in [-0.4, -0.2) is 18.4 Å². The number of nitrogens with one attached hydrogen (secondary N) is 2.